The van der Waals surface area contributed by atoms with Gasteiger partial charge in [0.1, 0.15) is 5.41 Å². The van der Waals surface area contributed by atoms with Gasteiger partial charge >= 0.3 is 5.97 Å². The number of carbonyl (C=O) groups is 2. The smallest absolute Gasteiger partial charge is 0.320 e. The number of fused-ring (bicyclic) bond motifs is 1. The van der Waals surface area contributed by atoms with Crippen LogP contribution in [0.25, 0.3) is 0 Å². The predicted octanol–water partition coefficient (Wildman–Crippen LogP) is 1.99. The largest absolute Gasteiger partial charge is 0.468 e. The van der Waals surface area contributed by atoms with Crippen LogP contribution in [0, 0.1) is 5.41 Å². The minimum absolute atomic E-state index is 0.0996. The zero-order chi connectivity index (χ0) is 11.8. The van der Waals surface area contributed by atoms with Crippen LogP contribution >= 0.6 is 0 Å². The first-order valence-electron chi connectivity index (χ1n) is 5.37. The molecule has 1 aliphatic rings. The number of hydrogen-bond donors (Lipinski definition) is 0. The molecule has 3 nitrogen and oxygen atoms in total. The lowest BCUT2D eigenvalue weighted by Gasteiger charge is -2.21. The van der Waals surface area contributed by atoms with E-state index in [1.54, 1.807) is 6.07 Å². The monoisotopic (exact) mass is 218 g/mol. The first-order valence-corrected chi connectivity index (χ1v) is 5.37. The van der Waals surface area contributed by atoms with Crippen LogP contribution in [0.1, 0.15) is 29.3 Å². The van der Waals surface area contributed by atoms with Gasteiger partial charge in [-0.15, -0.1) is 0 Å². The molecule has 0 amide bonds. The summed E-state index contributed by atoms with van der Waals surface area (Å²) in [5.74, 6) is -0.520. The van der Waals surface area contributed by atoms with Crippen LogP contribution in [-0.4, -0.2) is 18.9 Å². The van der Waals surface area contributed by atoms with Crippen LogP contribution in [0.3, 0.4) is 0 Å². The summed E-state index contributed by atoms with van der Waals surface area (Å²) in [5.41, 5.74) is 0.618. The second-order valence-corrected chi connectivity index (χ2v) is 4.09. The molecule has 0 aliphatic heterocycles. The maximum absolute atomic E-state index is 12.2. The Labute approximate surface area is 94.4 Å². The van der Waals surface area contributed by atoms with Crippen molar-refractivity contribution in [3.8, 4) is 0 Å². The third-order valence-corrected chi connectivity index (χ3v) is 3.37. The minimum atomic E-state index is -0.988. The lowest BCUT2D eigenvalue weighted by molar-refractivity contribution is -0.149. The molecule has 16 heavy (non-hydrogen) atoms. The molecule has 1 aliphatic carbocycles. The minimum Gasteiger partial charge on any atom is -0.468 e. The van der Waals surface area contributed by atoms with Gasteiger partial charge in [0.25, 0.3) is 0 Å². The first kappa shape index (κ1) is 10.9. The highest BCUT2D eigenvalue weighted by Gasteiger charge is 2.50. The van der Waals surface area contributed by atoms with Gasteiger partial charge in [-0.05, 0) is 18.4 Å². The molecule has 0 radical (unpaired) electrons. The molecule has 0 saturated heterocycles. The van der Waals surface area contributed by atoms with Gasteiger partial charge in [-0.2, -0.15) is 0 Å². The topological polar surface area (TPSA) is 43.4 Å². The Bertz CT molecular complexity index is 450. The first-order chi connectivity index (χ1) is 7.65. The average molecular weight is 218 g/mol. The number of hydrogen-bond acceptors (Lipinski definition) is 3. The molecule has 1 aromatic rings. The van der Waals surface area contributed by atoms with E-state index in [-0.39, 0.29) is 5.78 Å². The van der Waals surface area contributed by atoms with Crippen LogP contribution < -0.4 is 0 Å². The zero-order valence-electron chi connectivity index (χ0n) is 9.45. The van der Waals surface area contributed by atoms with E-state index < -0.39 is 11.4 Å². The second-order valence-electron chi connectivity index (χ2n) is 4.09. The summed E-state index contributed by atoms with van der Waals surface area (Å²) >= 11 is 0. The lowest BCUT2D eigenvalue weighted by Crippen LogP contribution is -2.37. The highest BCUT2D eigenvalue weighted by atomic mass is 16.5. The Balaban J connectivity index is 2.49. The molecule has 0 aromatic heterocycles. The van der Waals surface area contributed by atoms with Crippen molar-refractivity contribution in [2.75, 3.05) is 7.11 Å². The van der Waals surface area contributed by atoms with Gasteiger partial charge in [0.05, 0.1) is 7.11 Å². The highest BCUT2D eigenvalue weighted by Crippen LogP contribution is 2.40. The van der Waals surface area contributed by atoms with Gasteiger partial charge in [-0.1, -0.05) is 31.2 Å². The molecule has 1 atom stereocenters. The van der Waals surface area contributed by atoms with Crippen molar-refractivity contribution in [1.29, 1.82) is 0 Å². The van der Waals surface area contributed by atoms with E-state index in [9.17, 15) is 9.59 Å². The van der Waals surface area contributed by atoms with E-state index in [4.69, 9.17) is 4.74 Å². The summed E-state index contributed by atoms with van der Waals surface area (Å²) in [5, 5.41) is 0. The average Bonchev–Trinajstić information content (AvgIpc) is 2.63. The van der Waals surface area contributed by atoms with Crippen LogP contribution in [0.2, 0.25) is 0 Å². The molecular weight excluding hydrogens is 204 g/mol. The van der Waals surface area contributed by atoms with Gasteiger partial charge in [-0.25, -0.2) is 0 Å². The van der Waals surface area contributed by atoms with Crippen molar-refractivity contribution in [2.24, 2.45) is 5.41 Å². The molecule has 0 spiro atoms. The van der Waals surface area contributed by atoms with E-state index in [1.165, 1.54) is 7.11 Å². The number of benzene rings is 1. The maximum atomic E-state index is 12.2. The molecule has 0 heterocycles. The van der Waals surface area contributed by atoms with E-state index in [1.807, 2.05) is 25.1 Å². The van der Waals surface area contributed by atoms with Crippen LogP contribution in [-0.2, 0) is 16.0 Å². The van der Waals surface area contributed by atoms with Gasteiger partial charge in [0, 0.05) is 5.56 Å². The third-order valence-electron chi connectivity index (χ3n) is 3.37. The summed E-state index contributed by atoms with van der Waals surface area (Å²) in [6, 6.07) is 7.38. The van der Waals surface area contributed by atoms with E-state index in [0.717, 1.165) is 5.56 Å². The summed E-state index contributed by atoms with van der Waals surface area (Å²) < 4.78 is 4.77. The van der Waals surface area contributed by atoms with E-state index in [2.05, 4.69) is 0 Å². The Morgan fingerprint density at radius 3 is 2.69 bits per heavy atom. The molecule has 0 N–H and O–H groups in total. The van der Waals surface area contributed by atoms with Gasteiger partial charge < -0.3 is 4.74 Å². The van der Waals surface area contributed by atoms with Crippen molar-refractivity contribution >= 4 is 11.8 Å². The Hall–Kier alpha value is -1.64. The molecule has 0 bridgehead atoms. The number of methoxy groups -OCH3 is 1. The van der Waals surface area contributed by atoms with Gasteiger partial charge in [0.15, 0.2) is 5.78 Å². The number of Topliss-reactive ketones (excluding diaryl/α,β-unsaturated/α-hetero) is 1. The predicted molar refractivity (Wildman–Crippen MR) is 59.2 cm³/mol. The van der Waals surface area contributed by atoms with Crippen LogP contribution in [0.15, 0.2) is 24.3 Å². The standard InChI is InChI=1S/C13H14O3/c1-3-13(12(15)16-2)8-9-6-4-5-7-10(9)11(13)14/h4-7H,3,8H2,1-2H3/t13-/m1/s1. The quantitative estimate of drug-likeness (QED) is 0.563. The Kier molecular flexibility index (Phi) is 2.54. The number of ketones is 1. The summed E-state index contributed by atoms with van der Waals surface area (Å²) in [4.78, 5) is 24.1. The molecule has 0 fully saturated rings. The molecule has 1 aromatic carbocycles. The second kappa shape index (κ2) is 3.74. The number of rotatable bonds is 2. The van der Waals surface area contributed by atoms with Gasteiger partial charge in [-0.3, -0.25) is 9.59 Å². The SMILES string of the molecule is CC[C@@]1(C(=O)OC)Cc2ccccc2C1=O. The molecule has 2 rings (SSSR count). The molecule has 0 saturated carbocycles. The van der Waals surface area contributed by atoms with E-state index >= 15 is 0 Å². The zero-order valence-corrected chi connectivity index (χ0v) is 9.45. The maximum Gasteiger partial charge on any atom is 0.320 e. The number of carbonyl (C=O) groups excluding carboxylic acids is 2. The lowest BCUT2D eigenvalue weighted by atomic mass is 9.81. The summed E-state index contributed by atoms with van der Waals surface area (Å²) in [6.07, 6.45) is 0.943. The highest BCUT2D eigenvalue weighted by molar-refractivity contribution is 6.15. The fraction of sp³-hybridized carbons (Fsp3) is 0.385. The Morgan fingerprint density at radius 2 is 2.12 bits per heavy atom. The fourth-order valence-corrected chi connectivity index (χ4v) is 2.35. The van der Waals surface area contributed by atoms with Gasteiger partial charge in [0.2, 0.25) is 0 Å². The fourth-order valence-electron chi connectivity index (χ4n) is 2.35. The van der Waals surface area contributed by atoms with Crippen molar-refractivity contribution in [2.45, 2.75) is 19.8 Å². The molecule has 84 valence electrons. The third kappa shape index (κ3) is 1.28. The summed E-state index contributed by atoms with van der Waals surface area (Å²) in [6.45, 7) is 1.85. The van der Waals surface area contributed by atoms with Crippen molar-refractivity contribution in [3.05, 3.63) is 35.4 Å². The van der Waals surface area contributed by atoms with Crippen molar-refractivity contribution in [3.63, 3.8) is 0 Å². The molecule has 0 unspecified atom stereocenters. The van der Waals surface area contributed by atoms with Crippen LogP contribution in [0.5, 0.6) is 0 Å². The van der Waals surface area contributed by atoms with E-state index in [0.29, 0.717) is 18.4 Å². The Morgan fingerprint density at radius 1 is 1.44 bits per heavy atom. The number of ether oxygens (including phenoxy) is 1. The molecule has 3 heteroatoms. The number of esters is 1. The van der Waals surface area contributed by atoms with Crippen molar-refractivity contribution in [1.82, 2.24) is 0 Å². The van der Waals surface area contributed by atoms with Crippen LogP contribution in [0.4, 0.5) is 0 Å². The van der Waals surface area contributed by atoms with Crippen molar-refractivity contribution < 1.29 is 14.3 Å². The normalized spacial score (nSPS) is 23.0. The summed E-state index contributed by atoms with van der Waals surface area (Å²) in [7, 11) is 1.33. The molecular formula is C13H14O3.